The van der Waals surface area contributed by atoms with Gasteiger partial charge in [-0.05, 0) is 30.7 Å². The molecule has 1 aliphatic rings. The Bertz CT molecular complexity index is 502. The van der Waals surface area contributed by atoms with Crippen molar-refractivity contribution in [2.24, 2.45) is 11.7 Å². The highest BCUT2D eigenvalue weighted by molar-refractivity contribution is 5.85. The molecule has 0 spiro atoms. The van der Waals surface area contributed by atoms with Crippen LogP contribution in [0.2, 0.25) is 0 Å². The van der Waals surface area contributed by atoms with Gasteiger partial charge >= 0.3 is 0 Å². The first-order valence-corrected chi connectivity index (χ1v) is 7.89. The number of halogens is 1. The van der Waals surface area contributed by atoms with Crippen LogP contribution in [0.25, 0.3) is 0 Å². The molecule has 0 unspecified atom stereocenters. The van der Waals surface area contributed by atoms with Gasteiger partial charge in [-0.25, -0.2) is 0 Å². The summed E-state index contributed by atoms with van der Waals surface area (Å²) < 4.78 is 0. The standard InChI is InChI=1S/C17H25N3O2.ClH/c1-19-16(21)12-14-7-9-20(10-8-14)17(22)15(18)11-13-5-3-2-4-6-13;/h2-6,14-15H,7-12,18H2,1H3,(H,19,21);1H/t15-;/m0./s1. The summed E-state index contributed by atoms with van der Waals surface area (Å²) in [6.45, 7) is 1.39. The Hall–Kier alpha value is -1.59. The molecule has 6 heteroatoms. The Morgan fingerprint density at radius 2 is 1.87 bits per heavy atom. The second-order valence-corrected chi connectivity index (χ2v) is 5.94. The second kappa shape index (κ2) is 9.53. The van der Waals surface area contributed by atoms with Crippen LogP contribution in [0.5, 0.6) is 0 Å². The van der Waals surface area contributed by atoms with Crippen molar-refractivity contribution in [3.63, 3.8) is 0 Å². The molecule has 0 saturated carbocycles. The van der Waals surface area contributed by atoms with E-state index in [4.69, 9.17) is 5.73 Å². The quantitative estimate of drug-likeness (QED) is 0.850. The van der Waals surface area contributed by atoms with E-state index in [1.54, 1.807) is 7.05 Å². The van der Waals surface area contributed by atoms with Crippen LogP contribution < -0.4 is 11.1 Å². The summed E-state index contributed by atoms with van der Waals surface area (Å²) in [6, 6.07) is 9.35. The number of hydrogen-bond donors (Lipinski definition) is 2. The second-order valence-electron chi connectivity index (χ2n) is 5.94. The predicted molar refractivity (Wildman–Crippen MR) is 93.4 cm³/mol. The topological polar surface area (TPSA) is 75.4 Å². The van der Waals surface area contributed by atoms with Crippen LogP contribution in [0, 0.1) is 5.92 Å². The van der Waals surface area contributed by atoms with Gasteiger partial charge in [-0.2, -0.15) is 0 Å². The number of carbonyl (C=O) groups excluding carboxylic acids is 2. The number of piperidine rings is 1. The van der Waals surface area contributed by atoms with Gasteiger partial charge in [0.15, 0.2) is 0 Å². The van der Waals surface area contributed by atoms with Gasteiger partial charge in [0.1, 0.15) is 0 Å². The molecule has 0 aromatic heterocycles. The molecule has 1 heterocycles. The minimum absolute atomic E-state index is 0. The minimum Gasteiger partial charge on any atom is -0.359 e. The highest BCUT2D eigenvalue weighted by Gasteiger charge is 2.27. The van der Waals surface area contributed by atoms with Crippen molar-refractivity contribution in [2.75, 3.05) is 20.1 Å². The van der Waals surface area contributed by atoms with Crippen molar-refractivity contribution in [3.8, 4) is 0 Å². The Labute approximate surface area is 144 Å². The highest BCUT2D eigenvalue weighted by atomic mass is 35.5. The number of hydrogen-bond acceptors (Lipinski definition) is 3. The van der Waals surface area contributed by atoms with Crippen molar-refractivity contribution in [1.82, 2.24) is 10.2 Å². The van der Waals surface area contributed by atoms with Crippen LogP contribution in [0.15, 0.2) is 30.3 Å². The molecule has 1 fully saturated rings. The third kappa shape index (κ3) is 5.84. The van der Waals surface area contributed by atoms with Gasteiger partial charge in [0, 0.05) is 26.6 Å². The smallest absolute Gasteiger partial charge is 0.239 e. The minimum atomic E-state index is -0.488. The van der Waals surface area contributed by atoms with Gasteiger partial charge in [0.2, 0.25) is 11.8 Å². The number of rotatable bonds is 5. The third-order valence-electron chi connectivity index (χ3n) is 4.29. The van der Waals surface area contributed by atoms with E-state index < -0.39 is 6.04 Å². The average molecular weight is 340 g/mol. The lowest BCUT2D eigenvalue weighted by atomic mass is 9.92. The van der Waals surface area contributed by atoms with Gasteiger partial charge < -0.3 is 16.0 Å². The maximum atomic E-state index is 12.4. The van der Waals surface area contributed by atoms with Crippen molar-refractivity contribution >= 4 is 24.2 Å². The van der Waals surface area contributed by atoms with Crippen LogP contribution in [-0.4, -0.2) is 42.9 Å². The molecule has 1 aliphatic heterocycles. The van der Waals surface area contributed by atoms with E-state index in [9.17, 15) is 9.59 Å². The fraction of sp³-hybridized carbons (Fsp3) is 0.529. The van der Waals surface area contributed by atoms with Crippen molar-refractivity contribution in [1.29, 1.82) is 0 Å². The summed E-state index contributed by atoms with van der Waals surface area (Å²) in [5.74, 6) is 0.460. The molecule has 1 saturated heterocycles. The van der Waals surface area contributed by atoms with Crippen molar-refractivity contribution < 1.29 is 9.59 Å². The SMILES string of the molecule is CNC(=O)CC1CCN(C(=O)[C@@H](N)Cc2ccccc2)CC1.Cl. The zero-order valence-electron chi connectivity index (χ0n) is 13.5. The zero-order valence-corrected chi connectivity index (χ0v) is 14.3. The van der Waals surface area contributed by atoms with Crippen LogP contribution in [-0.2, 0) is 16.0 Å². The summed E-state index contributed by atoms with van der Waals surface area (Å²) in [6.07, 6.45) is 2.86. The molecule has 5 nitrogen and oxygen atoms in total. The summed E-state index contributed by atoms with van der Waals surface area (Å²) in [5.41, 5.74) is 7.14. The molecule has 23 heavy (non-hydrogen) atoms. The summed E-state index contributed by atoms with van der Waals surface area (Å²) in [5, 5.41) is 2.65. The van der Waals surface area contributed by atoms with Crippen LogP contribution in [0.4, 0.5) is 0 Å². The molecule has 0 bridgehead atoms. The predicted octanol–water partition coefficient (Wildman–Crippen LogP) is 1.35. The molecule has 1 atom stereocenters. The van der Waals surface area contributed by atoms with E-state index >= 15 is 0 Å². The van der Waals surface area contributed by atoms with Gasteiger partial charge in [-0.1, -0.05) is 30.3 Å². The Kier molecular flexibility index (Phi) is 8.06. The number of nitrogens with two attached hydrogens (primary N) is 1. The molecule has 0 aliphatic carbocycles. The lowest BCUT2D eigenvalue weighted by molar-refractivity contribution is -0.134. The molecule has 2 amide bonds. The van der Waals surface area contributed by atoms with Crippen LogP contribution in [0.1, 0.15) is 24.8 Å². The van der Waals surface area contributed by atoms with E-state index in [1.165, 1.54) is 0 Å². The summed E-state index contributed by atoms with van der Waals surface area (Å²) in [7, 11) is 1.66. The number of amides is 2. The van der Waals surface area contributed by atoms with Crippen molar-refractivity contribution in [2.45, 2.75) is 31.7 Å². The first-order valence-electron chi connectivity index (χ1n) is 7.89. The van der Waals surface area contributed by atoms with E-state index in [0.29, 0.717) is 31.8 Å². The number of likely N-dealkylation sites (tertiary alicyclic amines) is 1. The van der Waals surface area contributed by atoms with E-state index in [2.05, 4.69) is 5.32 Å². The third-order valence-corrected chi connectivity index (χ3v) is 4.29. The molecule has 3 N–H and O–H groups in total. The summed E-state index contributed by atoms with van der Waals surface area (Å²) in [4.78, 5) is 25.6. The van der Waals surface area contributed by atoms with E-state index in [1.807, 2.05) is 35.2 Å². The molecule has 0 radical (unpaired) electrons. The largest absolute Gasteiger partial charge is 0.359 e. The van der Waals surface area contributed by atoms with Gasteiger partial charge in [-0.15, -0.1) is 12.4 Å². The summed E-state index contributed by atoms with van der Waals surface area (Å²) >= 11 is 0. The van der Waals surface area contributed by atoms with Crippen molar-refractivity contribution in [3.05, 3.63) is 35.9 Å². The lowest BCUT2D eigenvalue weighted by Gasteiger charge is -2.33. The van der Waals surface area contributed by atoms with Crippen LogP contribution >= 0.6 is 12.4 Å². The Morgan fingerprint density at radius 3 is 2.43 bits per heavy atom. The van der Waals surface area contributed by atoms with Gasteiger partial charge in [0.05, 0.1) is 6.04 Å². The lowest BCUT2D eigenvalue weighted by Crippen LogP contribution is -2.48. The number of carbonyl (C=O) groups is 2. The molecule has 1 aromatic carbocycles. The maximum absolute atomic E-state index is 12.4. The number of nitrogens with one attached hydrogen (secondary N) is 1. The fourth-order valence-corrected chi connectivity index (χ4v) is 2.91. The van der Waals surface area contributed by atoms with E-state index in [0.717, 1.165) is 18.4 Å². The Balaban J connectivity index is 0.00000264. The molecule has 1 aromatic rings. The van der Waals surface area contributed by atoms with E-state index in [-0.39, 0.29) is 24.2 Å². The molecular formula is C17H26ClN3O2. The number of nitrogens with zero attached hydrogens (tertiary/aromatic N) is 1. The zero-order chi connectivity index (χ0) is 15.9. The van der Waals surface area contributed by atoms with Crippen LogP contribution in [0.3, 0.4) is 0 Å². The average Bonchev–Trinajstić information content (AvgIpc) is 2.55. The van der Waals surface area contributed by atoms with Gasteiger partial charge in [-0.3, -0.25) is 9.59 Å². The highest BCUT2D eigenvalue weighted by Crippen LogP contribution is 2.21. The number of benzene rings is 1. The first-order chi connectivity index (χ1) is 10.6. The maximum Gasteiger partial charge on any atom is 0.239 e. The molecule has 2 rings (SSSR count). The normalized spacial score (nSPS) is 16.3. The van der Waals surface area contributed by atoms with Gasteiger partial charge in [0.25, 0.3) is 0 Å². The molecule has 128 valence electrons. The first kappa shape index (κ1) is 19.5. The Morgan fingerprint density at radius 1 is 1.26 bits per heavy atom. The fourth-order valence-electron chi connectivity index (χ4n) is 2.91. The molecular weight excluding hydrogens is 314 g/mol. The monoisotopic (exact) mass is 339 g/mol.